The van der Waals surface area contributed by atoms with Gasteiger partial charge in [-0.05, 0) is 29.2 Å². The fourth-order valence-electron chi connectivity index (χ4n) is 2.89. The molecule has 0 aliphatic heterocycles. The number of halogens is 3. The van der Waals surface area contributed by atoms with Crippen molar-refractivity contribution in [2.75, 3.05) is 7.05 Å². The Bertz CT molecular complexity index is 837. The van der Waals surface area contributed by atoms with Crippen LogP contribution < -0.4 is 10.1 Å². The molecule has 2 amide bonds. The summed E-state index contributed by atoms with van der Waals surface area (Å²) in [6.45, 7) is 3.99. The molecule has 0 saturated carbocycles. The minimum atomic E-state index is -4.76. The van der Waals surface area contributed by atoms with Gasteiger partial charge in [0.1, 0.15) is 11.8 Å². The number of nitrogens with one attached hydrogen (secondary N) is 1. The number of carbonyl (C=O) groups is 2. The summed E-state index contributed by atoms with van der Waals surface area (Å²) < 4.78 is 40.7. The molecule has 2 rings (SSSR count). The molecule has 0 aliphatic carbocycles. The van der Waals surface area contributed by atoms with Crippen molar-refractivity contribution in [3.63, 3.8) is 0 Å². The SMILES string of the molecule is CC(C)CC(=O)NC(C(=O)N(C)Cc1ccc(OC(F)(F)F)cc1)c1ccccc1. The predicted molar refractivity (Wildman–Crippen MR) is 106 cm³/mol. The lowest BCUT2D eigenvalue weighted by atomic mass is 10.0. The van der Waals surface area contributed by atoms with Gasteiger partial charge in [0.25, 0.3) is 0 Å². The van der Waals surface area contributed by atoms with E-state index < -0.39 is 12.4 Å². The molecule has 1 unspecified atom stereocenters. The number of hydrogen-bond donors (Lipinski definition) is 1. The van der Waals surface area contributed by atoms with Gasteiger partial charge in [0, 0.05) is 20.0 Å². The summed E-state index contributed by atoms with van der Waals surface area (Å²) in [5.41, 5.74) is 1.28. The standard InChI is InChI=1S/C22H25F3N2O3/c1-15(2)13-19(28)26-20(17-7-5-4-6-8-17)21(29)27(3)14-16-9-11-18(12-10-16)30-22(23,24)25/h4-12,15,20H,13-14H2,1-3H3,(H,26,28). The van der Waals surface area contributed by atoms with Gasteiger partial charge in [-0.25, -0.2) is 0 Å². The summed E-state index contributed by atoms with van der Waals surface area (Å²) in [6, 6.07) is 13.3. The van der Waals surface area contributed by atoms with Gasteiger partial charge in [-0.1, -0.05) is 56.3 Å². The van der Waals surface area contributed by atoms with Crippen molar-refractivity contribution in [3.05, 3.63) is 65.7 Å². The number of hydrogen-bond acceptors (Lipinski definition) is 3. The monoisotopic (exact) mass is 422 g/mol. The van der Waals surface area contributed by atoms with Crippen LogP contribution in [0.5, 0.6) is 5.75 Å². The van der Waals surface area contributed by atoms with Crippen LogP contribution in [0.2, 0.25) is 0 Å². The van der Waals surface area contributed by atoms with Crippen LogP contribution in [0, 0.1) is 5.92 Å². The Kier molecular flexibility index (Phi) is 7.86. The van der Waals surface area contributed by atoms with Crippen LogP contribution >= 0.6 is 0 Å². The van der Waals surface area contributed by atoms with Gasteiger partial charge in [0.15, 0.2) is 0 Å². The molecular formula is C22H25F3N2O3. The van der Waals surface area contributed by atoms with E-state index in [-0.39, 0.29) is 30.0 Å². The molecular weight excluding hydrogens is 397 g/mol. The molecule has 0 radical (unpaired) electrons. The van der Waals surface area contributed by atoms with E-state index in [2.05, 4.69) is 10.1 Å². The largest absolute Gasteiger partial charge is 0.573 e. The second-order valence-electron chi connectivity index (χ2n) is 7.40. The van der Waals surface area contributed by atoms with Crippen LogP contribution in [0.4, 0.5) is 13.2 Å². The summed E-state index contributed by atoms with van der Waals surface area (Å²) in [5, 5.41) is 2.79. The molecule has 30 heavy (non-hydrogen) atoms. The Hall–Kier alpha value is -3.03. The highest BCUT2D eigenvalue weighted by molar-refractivity contribution is 5.88. The number of ether oxygens (including phenoxy) is 1. The Labute approximate surface area is 173 Å². The van der Waals surface area contributed by atoms with Crippen LogP contribution in [0.3, 0.4) is 0 Å². The molecule has 0 aliphatic rings. The van der Waals surface area contributed by atoms with Crippen molar-refractivity contribution in [3.8, 4) is 5.75 Å². The normalized spacial score (nSPS) is 12.4. The minimum Gasteiger partial charge on any atom is -0.406 e. The Balaban J connectivity index is 2.11. The number of rotatable bonds is 8. The Morgan fingerprint density at radius 2 is 1.63 bits per heavy atom. The summed E-state index contributed by atoms with van der Waals surface area (Å²) in [7, 11) is 1.58. The average Bonchev–Trinajstić information content (AvgIpc) is 2.66. The van der Waals surface area contributed by atoms with Gasteiger partial charge < -0.3 is 15.0 Å². The first-order chi connectivity index (χ1) is 14.0. The van der Waals surface area contributed by atoms with E-state index in [1.165, 1.54) is 29.2 Å². The summed E-state index contributed by atoms with van der Waals surface area (Å²) >= 11 is 0. The van der Waals surface area contributed by atoms with Crippen LogP contribution in [0.25, 0.3) is 0 Å². The molecule has 2 aromatic rings. The zero-order valence-corrected chi connectivity index (χ0v) is 17.1. The fourth-order valence-corrected chi connectivity index (χ4v) is 2.89. The van der Waals surface area contributed by atoms with Gasteiger partial charge >= 0.3 is 6.36 Å². The summed E-state index contributed by atoms with van der Waals surface area (Å²) in [6.07, 6.45) is -4.47. The highest BCUT2D eigenvalue weighted by atomic mass is 19.4. The molecule has 2 aromatic carbocycles. The van der Waals surface area contributed by atoms with E-state index in [0.717, 1.165) is 0 Å². The van der Waals surface area contributed by atoms with Gasteiger partial charge in [0.2, 0.25) is 11.8 Å². The molecule has 0 heterocycles. The van der Waals surface area contributed by atoms with Crippen LogP contribution in [0.1, 0.15) is 37.4 Å². The van der Waals surface area contributed by atoms with E-state index >= 15 is 0 Å². The Morgan fingerprint density at radius 3 is 2.17 bits per heavy atom. The lowest BCUT2D eigenvalue weighted by Crippen LogP contribution is -2.41. The zero-order chi connectivity index (χ0) is 22.3. The van der Waals surface area contributed by atoms with E-state index in [0.29, 0.717) is 17.5 Å². The molecule has 5 nitrogen and oxygen atoms in total. The zero-order valence-electron chi connectivity index (χ0n) is 17.1. The number of likely N-dealkylation sites (N-methyl/N-ethyl adjacent to an activating group) is 1. The number of amides is 2. The molecule has 1 N–H and O–H groups in total. The average molecular weight is 422 g/mol. The minimum absolute atomic E-state index is 0.145. The first-order valence-electron chi connectivity index (χ1n) is 9.49. The predicted octanol–water partition coefficient (Wildman–Crippen LogP) is 4.45. The topological polar surface area (TPSA) is 58.6 Å². The van der Waals surface area contributed by atoms with E-state index in [4.69, 9.17) is 0 Å². The smallest absolute Gasteiger partial charge is 0.406 e. The maximum atomic E-state index is 13.1. The highest BCUT2D eigenvalue weighted by Gasteiger charge is 2.31. The first kappa shape index (κ1) is 23.3. The van der Waals surface area contributed by atoms with Crippen LogP contribution in [-0.4, -0.2) is 30.1 Å². The van der Waals surface area contributed by atoms with E-state index in [9.17, 15) is 22.8 Å². The molecule has 1 atom stereocenters. The van der Waals surface area contributed by atoms with Gasteiger partial charge in [-0.15, -0.1) is 13.2 Å². The molecule has 8 heteroatoms. The molecule has 0 bridgehead atoms. The molecule has 0 fully saturated rings. The number of carbonyl (C=O) groups excluding carboxylic acids is 2. The van der Waals surface area contributed by atoms with Crippen molar-refractivity contribution >= 4 is 11.8 Å². The quantitative estimate of drug-likeness (QED) is 0.684. The van der Waals surface area contributed by atoms with E-state index in [1.54, 1.807) is 31.3 Å². The number of benzene rings is 2. The van der Waals surface area contributed by atoms with Crippen molar-refractivity contribution in [1.82, 2.24) is 10.2 Å². The highest BCUT2D eigenvalue weighted by Crippen LogP contribution is 2.23. The fraction of sp³-hybridized carbons (Fsp3) is 0.364. The lowest BCUT2D eigenvalue weighted by Gasteiger charge is -2.25. The Morgan fingerprint density at radius 1 is 1.03 bits per heavy atom. The summed E-state index contributed by atoms with van der Waals surface area (Å²) in [4.78, 5) is 26.8. The third-order valence-electron chi connectivity index (χ3n) is 4.23. The molecule has 0 spiro atoms. The maximum Gasteiger partial charge on any atom is 0.573 e. The van der Waals surface area contributed by atoms with Crippen molar-refractivity contribution < 1.29 is 27.5 Å². The lowest BCUT2D eigenvalue weighted by molar-refractivity contribution is -0.274. The van der Waals surface area contributed by atoms with Gasteiger partial charge in [-0.3, -0.25) is 9.59 Å². The summed E-state index contributed by atoms with van der Waals surface area (Å²) in [5.74, 6) is -0.738. The second-order valence-corrected chi connectivity index (χ2v) is 7.40. The van der Waals surface area contributed by atoms with Crippen LogP contribution in [0.15, 0.2) is 54.6 Å². The third-order valence-corrected chi connectivity index (χ3v) is 4.23. The van der Waals surface area contributed by atoms with Crippen molar-refractivity contribution in [2.45, 2.75) is 39.2 Å². The maximum absolute atomic E-state index is 13.1. The number of nitrogens with zero attached hydrogens (tertiary/aromatic N) is 1. The first-order valence-corrected chi connectivity index (χ1v) is 9.49. The third kappa shape index (κ3) is 7.42. The molecule has 162 valence electrons. The molecule has 0 aromatic heterocycles. The second kappa shape index (κ2) is 10.1. The van der Waals surface area contributed by atoms with Crippen molar-refractivity contribution in [1.29, 1.82) is 0 Å². The van der Waals surface area contributed by atoms with Gasteiger partial charge in [-0.2, -0.15) is 0 Å². The van der Waals surface area contributed by atoms with Crippen LogP contribution in [-0.2, 0) is 16.1 Å². The number of alkyl halides is 3. The van der Waals surface area contributed by atoms with Gasteiger partial charge in [0.05, 0.1) is 0 Å². The molecule has 0 saturated heterocycles. The van der Waals surface area contributed by atoms with E-state index in [1.807, 2.05) is 19.9 Å². The van der Waals surface area contributed by atoms with Crippen molar-refractivity contribution in [2.24, 2.45) is 5.92 Å².